The third-order valence-corrected chi connectivity index (χ3v) is 5.04. The Labute approximate surface area is 150 Å². The smallest absolute Gasteiger partial charge is 0.281 e. The predicted molar refractivity (Wildman–Crippen MR) is 93.0 cm³/mol. The number of nitrogens with zero attached hydrogens (tertiary/aromatic N) is 1. The van der Waals surface area contributed by atoms with Gasteiger partial charge in [0.15, 0.2) is 6.04 Å². The van der Waals surface area contributed by atoms with Crippen LogP contribution in [0.25, 0.3) is 11.1 Å². The minimum absolute atomic E-state index is 0.134. The third kappa shape index (κ3) is 3.75. The summed E-state index contributed by atoms with van der Waals surface area (Å²) >= 11 is 0. The fourth-order valence-electron chi connectivity index (χ4n) is 3.28. The zero-order valence-corrected chi connectivity index (χ0v) is 14.6. The molecule has 0 saturated carbocycles. The van der Waals surface area contributed by atoms with Gasteiger partial charge in [-0.2, -0.15) is 0 Å². The molecule has 1 fully saturated rings. The molecule has 3 N–H and O–H groups in total. The van der Waals surface area contributed by atoms with Crippen molar-refractivity contribution in [3.63, 3.8) is 0 Å². The van der Waals surface area contributed by atoms with E-state index in [2.05, 4.69) is 5.73 Å². The molecule has 2 aromatic carbocycles. The minimum Gasteiger partial charge on any atom is -0.347 e. The first-order valence-electron chi connectivity index (χ1n) is 8.68. The van der Waals surface area contributed by atoms with Crippen molar-refractivity contribution in [2.24, 2.45) is 0 Å². The van der Waals surface area contributed by atoms with Crippen LogP contribution < -0.4 is 5.73 Å². The van der Waals surface area contributed by atoms with E-state index in [4.69, 9.17) is 0 Å². The lowest BCUT2D eigenvalue weighted by Crippen LogP contribution is -2.69. The summed E-state index contributed by atoms with van der Waals surface area (Å²) in [5.41, 5.74) is 5.59. The molecule has 1 amide bonds. The number of likely N-dealkylation sites (tertiary alicyclic amines) is 1. The Morgan fingerprint density at radius 3 is 2.50 bits per heavy atom. The number of carbonyl (C=O) groups excluding carboxylic acids is 1. The average Bonchev–Trinajstić information content (AvgIpc) is 3.08. The highest BCUT2D eigenvalue weighted by molar-refractivity contribution is 5.81. The Morgan fingerprint density at radius 2 is 1.88 bits per heavy atom. The van der Waals surface area contributed by atoms with Gasteiger partial charge in [0.1, 0.15) is 17.8 Å². The Balaban J connectivity index is 1.75. The molecule has 0 radical (unpaired) electrons. The topological polar surface area (TPSA) is 48.0 Å². The second kappa shape index (κ2) is 7.50. The second-order valence-corrected chi connectivity index (χ2v) is 6.81. The molecule has 26 heavy (non-hydrogen) atoms. The number of halogens is 3. The van der Waals surface area contributed by atoms with E-state index in [0.717, 1.165) is 23.8 Å². The van der Waals surface area contributed by atoms with E-state index in [-0.39, 0.29) is 23.9 Å². The zero-order chi connectivity index (χ0) is 18.8. The largest absolute Gasteiger partial charge is 0.347 e. The standard InChI is InChI=1S/C20H21F3N2O/c1-12(19(24)20(26)25-9-8-16(22)11-25)13-2-4-14(5-3-13)17-10-15(21)6-7-18(17)23/h2-7,10,12,16,19H,8-9,11,24H2,1H3/p+1/t12-,16-,19-/m0/s1. The first-order chi connectivity index (χ1) is 12.4. The van der Waals surface area contributed by atoms with Crippen molar-refractivity contribution in [2.45, 2.75) is 31.5 Å². The van der Waals surface area contributed by atoms with Gasteiger partial charge in [0, 0.05) is 18.0 Å². The van der Waals surface area contributed by atoms with Gasteiger partial charge in [-0.1, -0.05) is 31.2 Å². The van der Waals surface area contributed by atoms with E-state index in [9.17, 15) is 18.0 Å². The molecule has 0 aromatic heterocycles. The van der Waals surface area contributed by atoms with Gasteiger partial charge in [-0.15, -0.1) is 0 Å². The highest BCUT2D eigenvalue weighted by atomic mass is 19.1. The number of amides is 1. The van der Waals surface area contributed by atoms with E-state index in [1.807, 2.05) is 6.92 Å². The fraction of sp³-hybridized carbons (Fsp3) is 0.350. The molecule has 1 saturated heterocycles. The molecule has 6 heteroatoms. The maximum atomic E-state index is 13.9. The van der Waals surface area contributed by atoms with Crippen molar-refractivity contribution in [1.82, 2.24) is 4.90 Å². The van der Waals surface area contributed by atoms with E-state index in [1.165, 1.54) is 4.90 Å². The number of rotatable bonds is 4. The fourth-order valence-corrected chi connectivity index (χ4v) is 3.28. The van der Waals surface area contributed by atoms with Crippen molar-refractivity contribution in [3.8, 4) is 11.1 Å². The normalized spacial score (nSPS) is 19.4. The molecule has 1 heterocycles. The molecule has 1 aliphatic heterocycles. The average molecular weight is 363 g/mol. The first-order valence-corrected chi connectivity index (χ1v) is 8.68. The highest BCUT2D eigenvalue weighted by Crippen LogP contribution is 2.27. The first kappa shape index (κ1) is 18.5. The molecule has 0 spiro atoms. The van der Waals surface area contributed by atoms with Crippen molar-refractivity contribution in [1.29, 1.82) is 0 Å². The molecule has 2 aromatic rings. The molecular formula is C20H22F3N2O+. The molecule has 0 aliphatic carbocycles. The van der Waals surface area contributed by atoms with Gasteiger partial charge >= 0.3 is 0 Å². The highest BCUT2D eigenvalue weighted by Gasteiger charge is 2.34. The molecule has 0 bridgehead atoms. The number of quaternary nitrogens is 1. The maximum Gasteiger partial charge on any atom is 0.281 e. The number of hydrogen-bond donors (Lipinski definition) is 1. The SMILES string of the molecule is C[C@@H](c1ccc(-c2cc(F)ccc2F)cc1)[C@H]([NH3+])C(=O)N1CC[C@H](F)C1. The number of hydrogen-bond acceptors (Lipinski definition) is 1. The van der Waals surface area contributed by atoms with Crippen LogP contribution in [0.4, 0.5) is 13.2 Å². The Morgan fingerprint density at radius 1 is 1.19 bits per heavy atom. The van der Waals surface area contributed by atoms with Crippen molar-refractivity contribution in [3.05, 3.63) is 59.7 Å². The lowest BCUT2D eigenvalue weighted by atomic mass is 9.91. The van der Waals surface area contributed by atoms with Gasteiger partial charge in [0.2, 0.25) is 0 Å². The van der Waals surface area contributed by atoms with E-state index >= 15 is 0 Å². The zero-order valence-electron chi connectivity index (χ0n) is 14.6. The van der Waals surface area contributed by atoms with Gasteiger partial charge in [0.05, 0.1) is 6.54 Å². The Hall–Kier alpha value is -2.34. The monoisotopic (exact) mass is 363 g/mol. The van der Waals surface area contributed by atoms with Crippen molar-refractivity contribution >= 4 is 5.91 Å². The summed E-state index contributed by atoms with van der Waals surface area (Å²) in [5, 5.41) is 0. The molecule has 1 aliphatic rings. The number of benzene rings is 2. The van der Waals surface area contributed by atoms with Crippen LogP contribution in [0.5, 0.6) is 0 Å². The van der Waals surface area contributed by atoms with Crippen molar-refractivity contribution in [2.75, 3.05) is 13.1 Å². The van der Waals surface area contributed by atoms with Crippen LogP contribution in [-0.4, -0.2) is 36.1 Å². The second-order valence-electron chi connectivity index (χ2n) is 6.81. The van der Waals surface area contributed by atoms with E-state index in [0.29, 0.717) is 18.5 Å². The summed E-state index contributed by atoms with van der Waals surface area (Å²) in [7, 11) is 0. The molecule has 3 nitrogen and oxygen atoms in total. The molecular weight excluding hydrogens is 341 g/mol. The van der Waals surface area contributed by atoms with Crippen LogP contribution in [0.2, 0.25) is 0 Å². The summed E-state index contributed by atoms with van der Waals surface area (Å²) < 4.78 is 40.6. The van der Waals surface area contributed by atoms with Crippen LogP contribution in [0.3, 0.4) is 0 Å². The van der Waals surface area contributed by atoms with Gasteiger partial charge in [0.25, 0.3) is 5.91 Å². The lowest BCUT2D eigenvalue weighted by molar-refractivity contribution is -0.410. The molecule has 0 unspecified atom stereocenters. The minimum atomic E-state index is -0.957. The Bertz CT molecular complexity index is 794. The maximum absolute atomic E-state index is 13.9. The summed E-state index contributed by atoms with van der Waals surface area (Å²) in [6.07, 6.45) is -0.581. The predicted octanol–water partition coefficient (Wildman–Crippen LogP) is 2.92. The van der Waals surface area contributed by atoms with E-state index < -0.39 is 23.8 Å². The van der Waals surface area contributed by atoms with Crippen LogP contribution in [-0.2, 0) is 4.79 Å². The van der Waals surface area contributed by atoms with Crippen LogP contribution in [0.1, 0.15) is 24.8 Å². The van der Waals surface area contributed by atoms with Gasteiger partial charge in [-0.3, -0.25) is 4.79 Å². The van der Waals surface area contributed by atoms with Crippen LogP contribution >= 0.6 is 0 Å². The molecule has 138 valence electrons. The lowest BCUT2D eigenvalue weighted by Gasteiger charge is -2.22. The quantitative estimate of drug-likeness (QED) is 0.892. The summed E-state index contributed by atoms with van der Waals surface area (Å²) in [6, 6.07) is 9.78. The summed E-state index contributed by atoms with van der Waals surface area (Å²) in [4.78, 5) is 14.0. The number of carbonyl (C=O) groups is 1. The number of alkyl halides is 1. The van der Waals surface area contributed by atoms with Crippen molar-refractivity contribution < 1.29 is 23.7 Å². The summed E-state index contributed by atoms with van der Waals surface area (Å²) in [6.45, 7) is 2.45. The van der Waals surface area contributed by atoms with Gasteiger partial charge < -0.3 is 10.6 Å². The van der Waals surface area contributed by atoms with E-state index in [1.54, 1.807) is 24.3 Å². The molecule has 3 rings (SSSR count). The van der Waals surface area contributed by atoms with Gasteiger partial charge in [-0.25, -0.2) is 13.2 Å². The van der Waals surface area contributed by atoms with Crippen LogP contribution in [0.15, 0.2) is 42.5 Å². The summed E-state index contributed by atoms with van der Waals surface area (Å²) in [5.74, 6) is -1.32. The Kier molecular flexibility index (Phi) is 5.32. The van der Waals surface area contributed by atoms with Gasteiger partial charge in [-0.05, 0) is 35.7 Å². The third-order valence-electron chi connectivity index (χ3n) is 5.04. The molecule has 3 atom stereocenters. The van der Waals surface area contributed by atoms with Crippen LogP contribution in [0, 0.1) is 11.6 Å².